The van der Waals surface area contributed by atoms with Gasteiger partial charge in [-0.25, -0.2) is 13.8 Å². The van der Waals surface area contributed by atoms with E-state index in [1.165, 1.54) is 6.07 Å². The Kier molecular flexibility index (Phi) is 4.49. The van der Waals surface area contributed by atoms with Crippen molar-refractivity contribution in [3.05, 3.63) is 46.4 Å². The molecule has 0 spiro atoms. The van der Waals surface area contributed by atoms with E-state index in [2.05, 4.69) is 9.97 Å². The number of rotatable bonds is 4. The van der Waals surface area contributed by atoms with E-state index in [9.17, 15) is 8.78 Å². The molecule has 2 aromatic rings. The molecule has 2 rings (SSSR count). The van der Waals surface area contributed by atoms with Gasteiger partial charge in [-0.3, -0.25) is 0 Å². The first-order chi connectivity index (χ1) is 9.51. The van der Waals surface area contributed by atoms with Gasteiger partial charge < -0.3 is 4.74 Å². The Morgan fingerprint density at radius 3 is 2.65 bits per heavy atom. The average Bonchev–Trinajstić information content (AvgIpc) is 2.39. The number of aromatic nitrogens is 2. The van der Waals surface area contributed by atoms with Crippen LogP contribution in [0.2, 0.25) is 5.15 Å². The summed E-state index contributed by atoms with van der Waals surface area (Å²) < 4.78 is 31.8. The first-order valence-electron chi connectivity index (χ1n) is 6.17. The fourth-order valence-electron chi connectivity index (χ4n) is 1.61. The molecule has 0 aliphatic carbocycles. The maximum atomic E-state index is 13.6. The molecule has 20 heavy (non-hydrogen) atoms. The molecule has 106 valence electrons. The Balaban J connectivity index is 2.37. The fraction of sp³-hybridized carbons (Fsp3) is 0.286. The summed E-state index contributed by atoms with van der Waals surface area (Å²) >= 11 is 6.00. The molecule has 0 amide bonds. The molecule has 3 nitrogen and oxygen atoms in total. The lowest BCUT2D eigenvalue weighted by molar-refractivity contribution is 0.417. The quantitative estimate of drug-likeness (QED) is 0.782. The van der Waals surface area contributed by atoms with Crippen LogP contribution in [-0.2, 0) is 6.42 Å². The fourth-order valence-corrected chi connectivity index (χ4v) is 1.79. The minimum Gasteiger partial charge on any atom is -0.435 e. The Morgan fingerprint density at radius 1 is 1.25 bits per heavy atom. The van der Waals surface area contributed by atoms with Crippen molar-refractivity contribution in [2.24, 2.45) is 0 Å². The lowest BCUT2D eigenvalue weighted by Gasteiger charge is -2.10. The maximum Gasteiger partial charge on any atom is 0.227 e. The molecule has 0 aliphatic rings. The van der Waals surface area contributed by atoms with Crippen molar-refractivity contribution in [2.45, 2.75) is 26.7 Å². The van der Waals surface area contributed by atoms with Gasteiger partial charge in [-0.05, 0) is 25.5 Å². The number of ether oxygens (including phenoxy) is 1. The second-order valence-electron chi connectivity index (χ2n) is 4.29. The Morgan fingerprint density at radius 2 is 2.00 bits per heavy atom. The first-order valence-corrected chi connectivity index (χ1v) is 6.55. The van der Waals surface area contributed by atoms with E-state index in [1.54, 1.807) is 6.92 Å². The third kappa shape index (κ3) is 3.22. The number of halogens is 3. The minimum absolute atomic E-state index is 0.105. The molecule has 1 aromatic carbocycles. The Bertz CT molecular complexity index is 635. The average molecular weight is 299 g/mol. The smallest absolute Gasteiger partial charge is 0.227 e. The molecule has 0 unspecified atom stereocenters. The van der Waals surface area contributed by atoms with Crippen LogP contribution in [0.5, 0.6) is 11.6 Å². The van der Waals surface area contributed by atoms with Crippen LogP contribution >= 0.6 is 11.6 Å². The topological polar surface area (TPSA) is 35.0 Å². The van der Waals surface area contributed by atoms with Crippen LogP contribution in [0.3, 0.4) is 0 Å². The lowest BCUT2D eigenvalue weighted by atomic mass is 10.3. The number of hydrogen-bond acceptors (Lipinski definition) is 3. The highest BCUT2D eigenvalue weighted by Crippen LogP contribution is 2.29. The molecule has 0 N–H and O–H groups in total. The number of nitrogens with zero attached hydrogens (tertiary/aromatic N) is 2. The largest absolute Gasteiger partial charge is 0.435 e. The van der Waals surface area contributed by atoms with Gasteiger partial charge in [0.25, 0.3) is 0 Å². The molecule has 0 saturated carbocycles. The predicted octanol–water partition coefficient (Wildman–Crippen LogP) is 4.46. The van der Waals surface area contributed by atoms with E-state index in [4.69, 9.17) is 16.3 Å². The molecular formula is C14H13ClF2N2O. The molecule has 0 atom stereocenters. The van der Waals surface area contributed by atoms with E-state index in [0.717, 1.165) is 18.6 Å². The third-order valence-electron chi connectivity index (χ3n) is 2.66. The van der Waals surface area contributed by atoms with Gasteiger partial charge in [0.1, 0.15) is 16.8 Å². The van der Waals surface area contributed by atoms with Crippen LogP contribution in [-0.4, -0.2) is 9.97 Å². The molecule has 6 heteroatoms. The molecule has 0 aliphatic heterocycles. The summed E-state index contributed by atoms with van der Waals surface area (Å²) in [6.07, 6.45) is 1.49. The van der Waals surface area contributed by atoms with Gasteiger partial charge in [0.05, 0.1) is 0 Å². The molecule has 0 radical (unpaired) electrons. The van der Waals surface area contributed by atoms with Crippen molar-refractivity contribution in [3.63, 3.8) is 0 Å². The van der Waals surface area contributed by atoms with E-state index in [0.29, 0.717) is 17.8 Å². The highest BCUT2D eigenvalue weighted by molar-refractivity contribution is 6.30. The lowest BCUT2D eigenvalue weighted by Crippen LogP contribution is -2.01. The van der Waals surface area contributed by atoms with Crippen molar-refractivity contribution in [3.8, 4) is 11.6 Å². The van der Waals surface area contributed by atoms with Crippen molar-refractivity contribution in [1.82, 2.24) is 9.97 Å². The van der Waals surface area contributed by atoms with Crippen LogP contribution in [0.1, 0.15) is 24.7 Å². The van der Waals surface area contributed by atoms with Crippen LogP contribution < -0.4 is 4.74 Å². The Labute approximate surface area is 120 Å². The molecule has 0 bridgehead atoms. The van der Waals surface area contributed by atoms with Gasteiger partial charge >= 0.3 is 0 Å². The van der Waals surface area contributed by atoms with Crippen molar-refractivity contribution < 1.29 is 13.5 Å². The Hall–Kier alpha value is -1.75. The molecule has 1 heterocycles. The zero-order valence-electron chi connectivity index (χ0n) is 11.1. The van der Waals surface area contributed by atoms with E-state index in [-0.39, 0.29) is 16.8 Å². The summed E-state index contributed by atoms with van der Waals surface area (Å²) in [4.78, 5) is 8.33. The van der Waals surface area contributed by atoms with Gasteiger partial charge in [-0.15, -0.1) is 0 Å². The van der Waals surface area contributed by atoms with Crippen LogP contribution in [0.15, 0.2) is 18.2 Å². The van der Waals surface area contributed by atoms with E-state index < -0.39 is 11.6 Å². The SMILES string of the molecule is CCCc1nc(Cl)c(C)c(Oc2ccc(F)cc2F)n1. The minimum atomic E-state index is -0.795. The number of hydrogen-bond donors (Lipinski definition) is 0. The highest BCUT2D eigenvalue weighted by Gasteiger charge is 2.13. The summed E-state index contributed by atoms with van der Waals surface area (Å²) in [5.41, 5.74) is 0.509. The van der Waals surface area contributed by atoms with Crippen LogP contribution in [0, 0.1) is 18.6 Å². The van der Waals surface area contributed by atoms with E-state index in [1.807, 2.05) is 6.92 Å². The summed E-state index contributed by atoms with van der Waals surface area (Å²) in [5, 5.41) is 0.265. The van der Waals surface area contributed by atoms with Gasteiger partial charge in [-0.2, -0.15) is 4.98 Å². The third-order valence-corrected chi connectivity index (χ3v) is 3.03. The highest BCUT2D eigenvalue weighted by atomic mass is 35.5. The number of aryl methyl sites for hydroxylation is 1. The van der Waals surface area contributed by atoms with Crippen molar-refractivity contribution in [2.75, 3.05) is 0 Å². The van der Waals surface area contributed by atoms with Crippen molar-refractivity contribution >= 4 is 11.6 Å². The number of benzene rings is 1. The second-order valence-corrected chi connectivity index (χ2v) is 4.65. The van der Waals surface area contributed by atoms with Crippen LogP contribution in [0.25, 0.3) is 0 Å². The summed E-state index contributed by atoms with van der Waals surface area (Å²) in [7, 11) is 0. The molecule has 0 fully saturated rings. The monoisotopic (exact) mass is 298 g/mol. The standard InChI is InChI=1S/C14H13ClF2N2O/c1-3-4-12-18-13(15)8(2)14(19-12)20-11-6-5-9(16)7-10(11)17/h5-7H,3-4H2,1-2H3. The summed E-state index contributed by atoms with van der Waals surface area (Å²) in [6.45, 7) is 3.66. The normalized spacial score (nSPS) is 10.7. The van der Waals surface area contributed by atoms with Gasteiger partial charge in [0.15, 0.2) is 11.6 Å². The van der Waals surface area contributed by atoms with Gasteiger partial charge in [0.2, 0.25) is 5.88 Å². The second kappa shape index (κ2) is 6.13. The maximum absolute atomic E-state index is 13.6. The summed E-state index contributed by atoms with van der Waals surface area (Å²) in [6, 6.07) is 3.07. The summed E-state index contributed by atoms with van der Waals surface area (Å²) in [5.74, 6) is -0.860. The van der Waals surface area contributed by atoms with Crippen molar-refractivity contribution in [1.29, 1.82) is 0 Å². The predicted molar refractivity (Wildman–Crippen MR) is 72.2 cm³/mol. The molecular weight excluding hydrogens is 286 g/mol. The van der Waals surface area contributed by atoms with Crippen LogP contribution in [0.4, 0.5) is 8.78 Å². The molecule has 1 aromatic heterocycles. The van der Waals surface area contributed by atoms with E-state index >= 15 is 0 Å². The zero-order valence-corrected chi connectivity index (χ0v) is 11.8. The zero-order chi connectivity index (χ0) is 14.7. The first kappa shape index (κ1) is 14.7. The molecule has 0 saturated heterocycles. The van der Waals surface area contributed by atoms with Gasteiger partial charge in [-0.1, -0.05) is 18.5 Å². The van der Waals surface area contributed by atoms with Gasteiger partial charge in [0, 0.05) is 18.1 Å².